The molecule has 0 aromatic heterocycles. The number of nitrogens with one attached hydrogen (secondary N) is 1. The standard InChI is InChI=1S/C22H29N3O3/c1-2-27-21-11-7-6-10-20(21)25-15-13-24(14-16-25)18-22(26)23-12-17-28-19-8-4-3-5-9-19/h3-11H,2,12-18H2,1H3,(H,23,26). The maximum atomic E-state index is 12.2. The van der Waals surface area contributed by atoms with Gasteiger partial charge in [-0.2, -0.15) is 0 Å². The van der Waals surface area contributed by atoms with Crippen LogP contribution in [0.2, 0.25) is 0 Å². The number of hydrogen-bond donors (Lipinski definition) is 1. The number of amides is 1. The summed E-state index contributed by atoms with van der Waals surface area (Å²) in [6.45, 7) is 7.54. The van der Waals surface area contributed by atoms with E-state index in [9.17, 15) is 4.79 Å². The molecule has 0 radical (unpaired) electrons. The van der Waals surface area contributed by atoms with Gasteiger partial charge in [0.1, 0.15) is 18.1 Å². The van der Waals surface area contributed by atoms with Crippen molar-refractivity contribution in [1.29, 1.82) is 0 Å². The molecule has 0 unspecified atom stereocenters. The van der Waals surface area contributed by atoms with Gasteiger partial charge in [0.2, 0.25) is 5.91 Å². The van der Waals surface area contributed by atoms with Crippen molar-refractivity contribution in [2.24, 2.45) is 0 Å². The Morgan fingerprint density at radius 3 is 2.43 bits per heavy atom. The van der Waals surface area contributed by atoms with Crippen LogP contribution in [-0.2, 0) is 4.79 Å². The van der Waals surface area contributed by atoms with Gasteiger partial charge in [-0.3, -0.25) is 9.69 Å². The summed E-state index contributed by atoms with van der Waals surface area (Å²) in [7, 11) is 0. The highest BCUT2D eigenvalue weighted by Gasteiger charge is 2.21. The van der Waals surface area contributed by atoms with Crippen molar-refractivity contribution < 1.29 is 14.3 Å². The number of carbonyl (C=O) groups is 1. The molecule has 1 fully saturated rings. The van der Waals surface area contributed by atoms with E-state index in [2.05, 4.69) is 21.2 Å². The van der Waals surface area contributed by atoms with Crippen LogP contribution in [-0.4, -0.2) is 63.3 Å². The van der Waals surface area contributed by atoms with Crippen LogP contribution in [0.15, 0.2) is 54.6 Å². The van der Waals surface area contributed by atoms with Gasteiger partial charge >= 0.3 is 0 Å². The minimum atomic E-state index is 0.0415. The van der Waals surface area contributed by atoms with Gasteiger partial charge in [-0.15, -0.1) is 0 Å². The number of hydrogen-bond acceptors (Lipinski definition) is 5. The van der Waals surface area contributed by atoms with Gasteiger partial charge in [0.15, 0.2) is 0 Å². The Bertz CT molecular complexity index is 731. The first-order chi connectivity index (χ1) is 13.8. The number of anilines is 1. The van der Waals surface area contributed by atoms with Crippen molar-refractivity contribution >= 4 is 11.6 Å². The molecule has 3 rings (SSSR count). The lowest BCUT2D eigenvalue weighted by atomic mass is 10.2. The molecule has 1 amide bonds. The summed E-state index contributed by atoms with van der Waals surface area (Å²) in [6.07, 6.45) is 0. The third-order valence-corrected chi connectivity index (χ3v) is 4.68. The molecule has 0 spiro atoms. The molecule has 2 aromatic carbocycles. The molecule has 6 heteroatoms. The van der Waals surface area contributed by atoms with E-state index in [-0.39, 0.29) is 5.91 Å². The Hall–Kier alpha value is -2.73. The van der Waals surface area contributed by atoms with E-state index in [0.717, 1.165) is 43.4 Å². The van der Waals surface area contributed by atoms with E-state index in [1.54, 1.807) is 0 Å². The number of nitrogens with zero attached hydrogens (tertiary/aromatic N) is 2. The van der Waals surface area contributed by atoms with Crippen molar-refractivity contribution in [3.63, 3.8) is 0 Å². The normalized spacial score (nSPS) is 14.5. The molecular formula is C22H29N3O3. The van der Waals surface area contributed by atoms with Crippen LogP contribution in [0.4, 0.5) is 5.69 Å². The molecule has 0 atom stereocenters. The quantitative estimate of drug-likeness (QED) is 0.674. The Morgan fingerprint density at radius 1 is 0.964 bits per heavy atom. The molecule has 2 aromatic rings. The first-order valence-electron chi connectivity index (χ1n) is 9.90. The topological polar surface area (TPSA) is 54.0 Å². The van der Waals surface area contributed by atoms with Crippen LogP contribution in [0, 0.1) is 0 Å². The van der Waals surface area contributed by atoms with Gasteiger partial charge in [0, 0.05) is 26.2 Å². The fourth-order valence-corrected chi connectivity index (χ4v) is 3.28. The van der Waals surface area contributed by atoms with Gasteiger partial charge < -0.3 is 19.7 Å². The van der Waals surface area contributed by atoms with Crippen molar-refractivity contribution in [3.05, 3.63) is 54.6 Å². The van der Waals surface area contributed by atoms with Crippen molar-refractivity contribution in [2.45, 2.75) is 6.92 Å². The Labute approximate surface area is 167 Å². The molecule has 0 aliphatic carbocycles. The number of ether oxygens (including phenoxy) is 2. The van der Waals surface area contributed by atoms with Gasteiger partial charge in [0.25, 0.3) is 0 Å². The molecule has 1 aliphatic rings. The minimum Gasteiger partial charge on any atom is -0.492 e. The van der Waals surface area contributed by atoms with E-state index in [4.69, 9.17) is 9.47 Å². The van der Waals surface area contributed by atoms with Crippen molar-refractivity contribution in [1.82, 2.24) is 10.2 Å². The Balaban J connectivity index is 1.36. The zero-order valence-corrected chi connectivity index (χ0v) is 16.5. The highest BCUT2D eigenvalue weighted by molar-refractivity contribution is 5.78. The Kier molecular flexibility index (Phi) is 7.55. The van der Waals surface area contributed by atoms with Gasteiger partial charge in [-0.25, -0.2) is 0 Å². The van der Waals surface area contributed by atoms with Crippen LogP contribution in [0.3, 0.4) is 0 Å². The molecule has 28 heavy (non-hydrogen) atoms. The molecule has 0 saturated carbocycles. The van der Waals surface area contributed by atoms with E-state index < -0.39 is 0 Å². The maximum absolute atomic E-state index is 12.2. The molecule has 0 bridgehead atoms. The number of benzene rings is 2. The van der Waals surface area contributed by atoms with Crippen molar-refractivity contribution in [2.75, 3.05) is 57.4 Å². The summed E-state index contributed by atoms with van der Waals surface area (Å²) in [6, 6.07) is 17.8. The summed E-state index contributed by atoms with van der Waals surface area (Å²) in [5.74, 6) is 1.79. The van der Waals surface area contributed by atoms with E-state index in [1.165, 1.54) is 0 Å². The SMILES string of the molecule is CCOc1ccccc1N1CCN(CC(=O)NCCOc2ccccc2)CC1. The van der Waals surface area contributed by atoms with Gasteiger partial charge in [0.05, 0.1) is 25.4 Å². The third kappa shape index (κ3) is 5.89. The maximum Gasteiger partial charge on any atom is 0.234 e. The molecule has 1 saturated heterocycles. The lowest BCUT2D eigenvalue weighted by Gasteiger charge is -2.36. The van der Waals surface area contributed by atoms with Crippen LogP contribution >= 0.6 is 0 Å². The molecule has 1 aliphatic heterocycles. The van der Waals surface area contributed by atoms with Crippen LogP contribution in [0.5, 0.6) is 11.5 Å². The van der Waals surface area contributed by atoms with E-state index in [0.29, 0.717) is 26.3 Å². The first-order valence-corrected chi connectivity index (χ1v) is 9.90. The van der Waals surface area contributed by atoms with Crippen LogP contribution in [0.1, 0.15) is 6.92 Å². The van der Waals surface area contributed by atoms with E-state index in [1.807, 2.05) is 55.5 Å². The lowest BCUT2D eigenvalue weighted by Crippen LogP contribution is -2.49. The summed E-state index contributed by atoms with van der Waals surface area (Å²) in [5, 5.41) is 2.93. The number of para-hydroxylation sites is 3. The second-order valence-electron chi connectivity index (χ2n) is 6.68. The average Bonchev–Trinajstić information content (AvgIpc) is 2.73. The smallest absolute Gasteiger partial charge is 0.234 e. The second-order valence-corrected chi connectivity index (χ2v) is 6.68. The predicted octanol–water partition coefficient (Wildman–Crippen LogP) is 2.40. The van der Waals surface area contributed by atoms with Crippen LogP contribution in [0.25, 0.3) is 0 Å². The second kappa shape index (κ2) is 10.6. The lowest BCUT2D eigenvalue weighted by molar-refractivity contribution is -0.122. The van der Waals surface area contributed by atoms with Crippen LogP contribution < -0.4 is 19.7 Å². The first kappa shape index (κ1) is 20.0. The predicted molar refractivity (Wildman–Crippen MR) is 111 cm³/mol. The summed E-state index contributed by atoms with van der Waals surface area (Å²) >= 11 is 0. The van der Waals surface area contributed by atoms with Crippen molar-refractivity contribution in [3.8, 4) is 11.5 Å². The summed E-state index contributed by atoms with van der Waals surface area (Å²) in [5.41, 5.74) is 1.13. The molecule has 1 N–H and O–H groups in total. The van der Waals surface area contributed by atoms with Gasteiger partial charge in [-0.05, 0) is 31.2 Å². The fourth-order valence-electron chi connectivity index (χ4n) is 3.28. The molecular weight excluding hydrogens is 354 g/mol. The highest BCUT2D eigenvalue weighted by atomic mass is 16.5. The molecule has 6 nitrogen and oxygen atoms in total. The van der Waals surface area contributed by atoms with Gasteiger partial charge in [-0.1, -0.05) is 30.3 Å². The summed E-state index contributed by atoms with van der Waals surface area (Å²) < 4.78 is 11.3. The molecule has 1 heterocycles. The number of carbonyl (C=O) groups excluding carboxylic acids is 1. The third-order valence-electron chi connectivity index (χ3n) is 4.68. The van der Waals surface area contributed by atoms with E-state index >= 15 is 0 Å². The Morgan fingerprint density at radius 2 is 1.68 bits per heavy atom. The zero-order valence-electron chi connectivity index (χ0n) is 16.5. The monoisotopic (exact) mass is 383 g/mol. The average molecular weight is 383 g/mol. The summed E-state index contributed by atoms with van der Waals surface area (Å²) in [4.78, 5) is 16.7. The number of piperazine rings is 1. The fraction of sp³-hybridized carbons (Fsp3) is 0.409. The zero-order chi connectivity index (χ0) is 19.6. The molecule has 150 valence electrons. The highest BCUT2D eigenvalue weighted by Crippen LogP contribution is 2.28. The number of rotatable bonds is 9. The largest absolute Gasteiger partial charge is 0.492 e. The minimum absolute atomic E-state index is 0.0415.